The number of nitrogens with one attached hydrogen (secondary N) is 4. The van der Waals surface area contributed by atoms with Crippen LogP contribution in [0.1, 0.15) is 11.4 Å². The minimum Gasteiger partial charge on any atom is -0.340 e. The van der Waals surface area contributed by atoms with Gasteiger partial charge < -0.3 is 10.6 Å². The fourth-order valence-electron chi connectivity index (χ4n) is 2.18. The number of anilines is 1. The Bertz CT molecular complexity index is 577. The first-order chi connectivity index (χ1) is 10.9. The molecule has 0 saturated carbocycles. The van der Waals surface area contributed by atoms with Crippen molar-refractivity contribution in [1.82, 2.24) is 21.2 Å². The standard InChI is InChI=1S/C15H20N6S/c1-2-4-12(5-3-1)19-15(20-13-6-9-18-21-13)17-8-7-14-16-10-11-22-14/h1-5,10-11,13,18,21H,6-9H2,(H2,17,19,20). The third kappa shape index (κ3) is 4.52. The Hall–Kier alpha value is -1.96. The number of thiazole rings is 1. The van der Waals surface area contributed by atoms with Crippen LogP contribution in [-0.2, 0) is 6.42 Å². The van der Waals surface area contributed by atoms with Crippen molar-refractivity contribution in [1.29, 1.82) is 0 Å². The Morgan fingerprint density at radius 2 is 2.27 bits per heavy atom. The minimum absolute atomic E-state index is 0.190. The Labute approximate surface area is 134 Å². The van der Waals surface area contributed by atoms with Crippen molar-refractivity contribution in [3.8, 4) is 0 Å². The number of guanidine groups is 1. The number of hydrogen-bond acceptors (Lipinski definition) is 5. The summed E-state index contributed by atoms with van der Waals surface area (Å²) in [5, 5.41) is 9.84. The maximum absolute atomic E-state index is 4.65. The number of aliphatic imine (C=N–C) groups is 1. The molecule has 116 valence electrons. The maximum atomic E-state index is 4.65. The molecule has 0 spiro atoms. The van der Waals surface area contributed by atoms with Gasteiger partial charge in [-0.3, -0.25) is 10.4 Å². The molecular weight excluding hydrogens is 296 g/mol. The SMILES string of the molecule is c1ccc(NC(=NCCc2nccs2)NC2CCNN2)cc1. The van der Waals surface area contributed by atoms with E-state index in [9.17, 15) is 0 Å². The lowest BCUT2D eigenvalue weighted by atomic mass is 10.3. The largest absolute Gasteiger partial charge is 0.340 e. The van der Waals surface area contributed by atoms with Gasteiger partial charge in [0, 0.05) is 36.8 Å². The maximum Gasteiger partial charge on any atom is 0.197 e. The third-order valence-electron chi connectivity index (χ3n) is 3.26. The Kier molecular flexibility index (Phi) is 5.36. The number of para-hydroxylation sites is 1. The quantitative estimate of drug-likeness (QED) is 0.498. The molecule has 7 heteroatoms. The first kappa shape index (κ1) is 15.0. The van der Waals surface area contributed by atoms with Crippen molar-refractivity contribution in [2.75, 3.05) is 18.4 Å². The minimum atomic E-state index is 0.190. The van der Waals surface area contributed by atoms with E-state index in [4.69, 9.17) is 0 Å². The second kappa shape index (κ2) is 7.88. The number of benzene rings is 1. The van der Waals surface area contributed by atoms with Crippen molar-refractivity contribution in [3.05, 3.63) is 46.9 Å². The summed E-state index contributed by atoms with van der Waals surface area (Å²) in [6.07, 6.45) is 3.89. The molecule has 1 aromatic carbocycles. The fraction of sp³-hybridized carbons (Fsp3) is 0.333. The Balaban J connectivity index is 1.61. The van der Waals surface area contributed by atoms with Crippen LogP contribution in [0.3, 0.4) is 0 Å². The summed E-state index contributed by atoms with van der Waals surface area (Å²) in [7, 11) is 0. The molecule has 0 radical (unpaired) electrons. The summed E-state index contributed by atoms with van der Waals surface area (Å²) < 4.78 is 0. The molecular formula is C15H20N6S. The molecule has 2 aromatic rings. The Morgan fingerprint density at radius 1 is 1.36 bits per heavy atom. The predicted molar refractivity (Wildman–Crippen MR) is 90.9 cm³/mol. The Morgan fingerprint density at radius 3 is 3.00 bits per heavy atom. The molecule has 1 aromatic heterocycles. The summed E-state index contributed by atoms with van der Waals surface area (Å²) in [5.74, 6) is 0.781. The predicted octanol–water partition coefficient (Wildman–Crippen LogP) is 1.57. The van der Waals surface area contributed by atoms with Crippen LogP contribution in [0.5, 0.6) is 0 Å². The van der Waals surface area contributed by atoms with Gasteiger partial charge in [-0.15, -0.1) is 11.3 Å². The first-order valence-corrected chi connectivity index (χ1v) is 8.28. The molecule has 1 aliphatic rings. The van der Waals surface area contributed by atoms with Gasteiger partial charge in [0.1, 0.15) is 0 Å². The van der Waals surface area contributed by atoms with E-state index >= 15 is 0 Å². The van der Waals surface area contributed by atoms with Crippen LogP contribution in [0, 0.1) is 0 Å². The third-order valence-corrected chi connectivity index (χ3v) is 4.10. The molecule has 1 unspecified atom stereocenters. The van der Waals surface area contributed by atoms with E-state index in [0.29, 0.717) is 6.54 Å². The van der Waals surface area contributed by atoms with Gasteiger partial charge in [-0.2, -0.15) is 0 Å². The zero-order chi connectivity index (χ0) is 15.0. The second-order valence-corrected chi connectivity index (χ2v) is 5.93. The molecule has 0 aliphatic carbocycles. The van der Waals surface area contributed by atoms with Crippen LogP contribution in [0.15, 0.2) is 46.9 Å². The molecule has 4 N–H and O–H groups in total. The molecule has 3 rings (SSSR count). The number of aromatic nitrogens is 1. The first-order valence-electron chi connectivity index (χ1n) is 7.40. The average molecular weight is 316 g/mol. The average Bonchev–Trinajstić information content (AvgIpc) is 3.22. The van der Waals surface area contributed by atoms with Crippen LogP contribution < -0.4 is 21.5 Å². The highest BCUT2D eigenvalue weighted by Gasteiger charge is 2.14. The number of hydrogen-bond donors (Lipinski definition) is 4. The molecule has 1 fully saturated rings. The van der Waals surface area contributed by atoms with Crippen LogP contribution in [-0.4, -0.2) is 30.2 Å². The molecule has 6 nitrogen and oxygen atoms in total. The highest BCUT2D eigenvalue weighted by atomic mass is 32.1. The van der Waals surface area contributed by atoms with Gasteiger partial charge in [0.15, 0.2) is 5.96 Å². The lowest BCUT2D eigenvalue weighted by Crippen LogP contribution is -2.46. The van der Waals surface area contributed by atoms with Crippen molar-refractivity contribution in [2.24, 2.45) is 4.99 Å². The monoisotopic (exact) mass is 316 g/mol. The fourth-order valence-corrected chi connectivity index (χ4v) is 2.79. The summed E-state index contributed by atoms with van der Waals surface area (Å²) in [4.78, 5) is 8.94. The van der Waals surface area contributed by atoms with Crippen LogP contribution in [0.2, 0.25) is 0 Å². The highest BCUT2D eigenvalue weighted by Crippen LogP contribution is 2.07. The van der Waals surface area contributed by atoms with E-state index in [0.717, 1.165) is 36.0 Å². The smallest absolute Gasteiger partial charge is 0.197 e. The van der Waals surface area contributed by atoms with Crippen molar-refractivity contribution in [2.45, 2.75) is 19.0 Å². The molecule has 22 heavy (non-hydrogen) atoms. The van der Waals surface area contributed by atoms with Crippen molar-refractivity contribution < 1.29 is 0 Å². The lowest BCUT2D eigenvalue weighted by Gasteiger charge is -2.17. The van der Waals surface area contributed by atoms with E-state index in [1.807, 2.05) is 41.9 Å². The van der Waals surface area contributed by atoms with E-state index in [1.165, 1.54) is 0 Å². The van der Waals surface area contributed by atoms with E-state index in [2.05, 4.69) is 31.5 Å². The van der Waals surface area contributed by atoms with Crippen LogP contribution in [0.25, 0.3) is 0 Å². The summed E-state index contributed by atoms with van der Waals surface area (Å²) in [6.45, 7) is 1.66. The van der Waals surface area contributed by atoms with E-state index in [-0.39, 0.29) is 6.17 Å². The van der Waals surface area contributed by atoms with E-state index < -0.39 is 0 Å². The zero-order valence-corrected chi connectivity index (χ0v) is 13.1. The van der Waals surface area contributed by atoms with Gasteiger partial charge in [-0.05, 0) is 18.6 Å². The molecule has 1 atom stereocenters. The number of rotatable bonds is 5. The van der Waals surface area contributed by atoms with Crippen LogP contribution in [0.4, 0.5) is 5.69 Å². The summed E-state index contributed by atoms with van der Waals surface area (Å²) in [6, 6.07) is 10.1. The summed E-state index contributed by atoms with van der Waals surface area (Å²) in [5.41, 5.74) is 7.32. The molecule has 1 saturated heterocycles. The highest BCUT2D eigenvalue weighted by molar-refractivity contribution is 7.09. The molecule has 0 amide bonds. The van der Waals surface area contributed by atoms with Crippen LogP contribution >= 0.6 is 11.3 Å². The van der Waals surface area contributed by atoms with Crippen molar-refractivity contribution >= 4 is 23.0 Å². The van der Waals surface area contributed by atoms with E-state index in [1.54, 1.807) is 11.3 Å². The van der Waals surface area contributed by atoms with Gasteiger partial charge in [-0.1, -0.05) is 18.2 Å². The van der Waals surface area contributed by atoms with Gasteiger partial charge in [0.05, 0.1) is 11.2 Å². The molecule has 2 heterocycles. The molecule has 0 bridgehead atoms. The van der Waals surface area contributed by atoms with Gasteiger partial charge in [0.25, 0.3) is 0 Å². The topological polar surface area (TPSA) is 73.4 Å². The second-order valence-electron chi connectivity index (χ2n) is 4.95. The number of hydrazine groups is 1. The summed E-state index contributed by atoms with van der Waals surface area (Å²) >= 11 is 1.67. The van der Waals surface area contributed by atoms with Crippen molar-refractivity contribution in [3.63, 3.8) is 0 Å². The van der Waals surface area contributed by atoms with Gasteiger partial charge in [0.2, 0.25) is 0 Å². The van der Waals surface area contributed by atoms with Gasteiger partial charge >= 0.3 is 0 Å². The van der Waals surface area contributed by atoms with Gasteiger partial charge in [-0.25, -0.2) is 10.4 Å². The molecule has 1 aliphatic heterocycles. The zero-order valence-electron chi connectivity index (χ0n) is 12.2. The normalized spacial score (nSPS) is 18.4. The lowest BCUT2D eigenvalue weighted by molar-refractivity contribution is 0.527. The number of nitrogens with zero attached hydrogens (tertiary/aromatic N) is 2.